The van der Waals surface area contributed by atoms with Crippen molar-refractivity contribution in [2.75, 3.05) is 0 Å². The molecule has 1 atom stereocenters. The van der Waals surface area contributed by atoms with E-state index in [4.69, 9.17) is 4.42 Å². The molecular formula is C16H12F3N3O4. The van der Waals surface area contributed by atoms with Crippen LogP contribution in [0.25, 0.3) is 0 Å². The van der Waals surface area contributed by atoms with Gasteiger partial charge in [-0.1, -0.05) is 18.2 Å². The van der Waals surface area contributed by atoms with Crippen LogP contribution in [-0.4, -0.2) is 34.6 Å². The Hall–Kier alpha value is -3.30. The van der Waals surface area contributed by atoms with Crippen molar-refractivity contribution in [1.29, 1.82) is 0 Å². The molecule has 4 amide bonds. The van der Waals surface area contributed by atoms with Crippen molar-refractivity contribution in [3.8, 4) is 0 Å². The van der Waals surface area contributed by atoms with Crippen molar-refractivity contribution >= 4 is 17.8 Å². The zero-order valence-corrected chi connectivity index (χ0v) is 13.0. The first-order chi connectivity index (χ1) is 12.2. The lowest BCUT2D eigenvalue weighted by Gasteiger charge is -2.29. The highest BCUT2D eigenvalue weighted by Crippen LogP contribution is 2.34. The second-order valence-electron chi connectivity index (χ2n) is 5.47. The van der Waals surface area contributed by atoms with E-state index >= 15 is 0 Å². The summed E-state index contributed by atoms with van der Waals surface area (Å²) in [7, 11) is 0. The molecule has 26 heavy (non-hydrogen) atoms. The van der Waals surface area contributed by atoms with Gasteiger partial charge in [0.25, 0.3) is 17.5 Å². The normalized spacial score (nSPS) is 20.2. The third-order valence-corrected chi connectivity index (χ3v) is 3.76. The summed E-state index contributed by atoms with van der Waals surface area (Å²) in [6.07, 6.45) is -4.01. The summed E-state index contributed by atoms with van der Waals surface area (Å²) in [5.74, 6) is -2.69. The summed E-state index contributed by atoms with van der Waals surface area (Å²) >= 11 is 0. The molecule has 0 radical (unpaired) electrons. The summed E-state index contributed by atoms with van der Waals surface area (Å²) in [4.78, 5) is 36.9. The minimum Gasteiger partial charge on any atom is -0.467 e. The number of carbonyl (C=O) groups excluding carboxylic acids is 3. The van der Waals surface area contributed by atoms with Gasteiger partial charge in [-0.15, -0.1) is 0 Å². The molecular weight excluding hydrogens is 355 g/mol. The second kappa shape index (κ2) is 6.21. The number of alkyl halides is 3. The number of nitrogens with zero attached hydrogens (tertiary/aromatic N) is 1. The van der Waals surface area contributed by atoms with Gasteiger partial charge in [-0.05, 0) is 24.3 Å². The molecule has 1 aromatic heterocycles. The van der Waals surface area contributed by atoms with Crippen LogP contribution in [0.15, 0.2) is 53.1 Å². The minimum absolute atomic E-state index is 0.0948. The monoisotopic (exact) mass is 367 g/mol. The molecule has 0 unspecified atom stereocenters. The smallest absolute Gasteiger partial charge is 0.440 e. The molecule has 2 aromatic rings. The maximum atomic E-state index is 13.7. The maximum absolute atomic E-state index is 13.7. The fraction of sp³-hybridized carbons (Fsp3) is 0.188. The Balaban J connectivity index is 1.92. The van der Waals surface area contributed by atoms with E-state index in [2.05, 4.69) is 0 Å². The largest absolute Gasteiger partial charge is 0.467 e. The predicted octanol–water partition coefficient (Wildman–Crippen LogP) is 2.02. The molecule has 0 spiro atoms. The number of carbonyl (C=O) groups is 3. The Morgan fingerprint density at radius 2 is 1.85 bits per heavy atom. The number of nitrogens with one attached hydrogen (secondary N) is 2. The lowest BCUT2D eigenvalue weighted by Crippen LogP contribution is -2.69. The lowest BCUT2D eigenvalue weighted by atomic mass is 10.1. The van der Waals surface area contributed by atoms with E-state index in [1.807, 2.05) is 0 Å². The topological polar surface area (TPSA) is 91.7 Å². The van der Waals surface area contributed by atoms with Crippen LogP contribution in [0.2, 0.25) is 0 Å². The van der Waals surface area contributed by atoms with Gasteiger partial charge in [0.15, 0.2) is 0 Å². The average molecular weight is 367 g/mol. The number of furan rings is 1. The highest BCUT2D eigenvalue weighted by atomic mass is 19.4. The van der Waals surface area contributed by atoms with Gasteiger partial charge in [0.1, 0.15) is 5.76 Å². The van der Waals surface area contributed by atoms with Gasteiger partial charge in [0.05, 0.1) is 12.8 Å². The zero-order chi connectivity index (χ0) is 18.9. The van der Waals surface area contributed by atoms with Crippen LogP contribution in [-0.2, 0) is 11.3 Å². The van der Waals surface area contributed by atoms with Gasteiger partial charge < -0.3 is 9.73 Å². The van der Waals surface area contributed by atoms with Gasteiger partial charge >= 0.3 is 12.2 Å². The molecule has 0 aliphatic carbocycles. The Kier molecular flexibility index (Phi) is 4.18. The predicted molar refractivity (Wildman–Crippen MR) is 80.5 cm³/mol. The number of benzene rings is 1. The number of rotatable bonds is 4. The van der Waals surface area contributed by atoms with Crippen LogP contribution in [0.1, 0.15) is 16.1 Å². The molecule has 136 valence electrons. The van der Waals surface area contributed by atoms with E-state index in [1.54, 1.807) is 16.7 Å². The van der Waals surface area contributed by atoms with E-state index in [9.17, 15) is 27.6 Å². The van der Waals surface area contributed by atoms with Gasteiger partial charge in [-0.25, -0.2) is 4.79 Å². The van der Waals surface area contributed by atoms with E-state index in [1.165, 1.54) is 42.7 Å². The number of amides is 4. The lowest BCUT2D eigenvalue weighted by molar-refractivity contribution is -0.200. The van der Waals surface area contributed by atoms with E-state index < -0.39 is 36.2 Å². The number of imide groups is 1. The standard InChI is InChI=1S/C16H12F3N3O4/c17-16(18,19)15(20-12(23)10-5-2-1-3-6-10)13(24)22(14(25)21-15)9-11-7-4-8-26-11/h1-8H,9H2,(H,20,23)(H,21,25)/t15-/m1/s1. The molecule has 10 heteroatoms. The quantitative estimate of drug-likeness (QED) is 0.809. The molecule has 7 nitrogen and oxygen atoms in total. The first-order valence-corrected chi connectivity index (χ1v) is 7.35. The number of halogens is 3. The molecule has 1 saturated heterocycles. The van der Waals surface area contributed by atoms with Crippen molar-refractivity contribution in [3.63, 3.8) is 0 Å². The molecule has 3 rings (SSSR count). The summed E-state index contributed by atoms with van der Waals surface area (Å²) in [5, 5.41) is 3.18. The van der Waals surface area contributed by atoms with Crippen molar-refractivity contribution in [2.24, 2.45) is 0 Å². The van der Waals surface area contributed by atoms with Crippen LogP contribution in [0.3, 0.4) is 0 Å². The van der Waals surface area contributed by atoms with Gasteiger partial charge in [-0.3, -0.25) is 19.8 Å². The Labute approximate surface area is 144 Å². The Bertz CT molecular complexity index is 836. The minimum atomic E-state index is -5.26. The highest BCUT2D eigenvalue weighted by Gasteiger charge is 2.68. The van der Waals surface area contributed by atoms with Crippen molar-refractivity contribution < 1.29 is 32.0 Å². The molecule has 1 fully saturated rings. The molecule has 1 aliphatic heterocycles. The molecule has 0 bridgehead atoms. The van der Waals surface area contributed by atoms with Crippen molar-refractivity contribution in [1.82, 2.24) is 15.5 Å². The summed E-state index contributed by atoms with van der Waals surface area (Å²) in [6, 6.07) is 8.60. The molecule has 0 saturated carbocycles. The Morgan fingerprint density at radius 3 is 2.42 bits per heavy atom. The SMILES string of the molecule is O=C(N[C@@]1(C(F)(F)F)NC(=O)N(Cc2ccco2)C1=O)c1ccccc1. The number of hydrogen-bond acceptors (Lipinski definition) is 4. The van der Waals surface area contributed by atoms with Crippen LogP contribution in [0, 0.1) is 0 Å². The number of hydrogen-bond donors (Lipinski definition) is 2. The molecule has 2 N–H and O–H groups in total. The second-order valence-corrected chi connectivity index (χ2v) is 5.47. The summed E-state index contributed by atoms with van der Waals surface area (Å²) < 4.78 is 46.0. The maximum Gasteiger partial charge on any atom is 0.440 e. The van der Waals surface area contributed by atoms with Crippen LogP contribution >= 0.6 is 0 Å². The fourth-order valence-electron chi connectivity index (χ4n) is 2.46. The van der Waals surface area contributed by atoms with Gasteiger partial charge in [0, 0.05) is 5.56 Å². The van der Waals surface area contributed by atoms with Crippen molar-refractivity contribution in [2.45, 2.75) is 18.4 Å². The molecule has 1 aliphatic rings. The van der Waals surface area contributed by atoms with Crippen LogP contribution < -0.4 is 10.6 Å². The van der Waals surface area contributed by atoms with Gasteiger partial charge in [-0.2, -0.15) is 13.2 Å². The fourth-order valence-corrected chi connectivity index (χ4v) is 2.46. The van der Waals surface area contributed by atoms with E-state index in [-0.39, 0.29) is 11.3 Å². The summed E-state index contributed by atoms with van der Waals surface area (Å²) in [6.45, 7) is -0.503. The first kappa shape index (κ1) is 17.5. The Morgan fingerprint density at radius 1 is 1.15 bits per heavy atom. The van der Waals surface area contributed by atoms with Crippen molar-refractivity contribution in [3.05, 3.63) is 60.1 Å². The molecule has 2 heterocycles. The van der Waals surface area contributed by atoms with E-state index in [0.29, 0.717) is 4.90 Å². The highest BCUT2D eigenvalue weighted by molar-refractivity contribution is 6.10. The van der Waals surface area contributed by atoms with E-state index in [0.717, 1.165) is 0 Å². The summed E-state index contributed by atoms with van der Waals surface area (Å²) in [5.41, 5.74) is -3.65. The molecule has 1 aromatic carbocycles. The first-order valence-electron chi connectivity index (χ1n) is 7.35. The van der Waals surface area contributed by atoms with Gasteiger partial charge in [0.2, 0.25) is 0 Å². The third kappa shape index (κ3) is 2.89. The zero-order valence-electron chi connectivity index (χ0n) is 13.0. The number of urea groups is 1. The van der Waals surface area contributed by atoms with Crippen LogP contribution in [0.5, 0.6) is 0 Å². The third-order valence-electron chi connectivity index (χ3n) is 3.76. The average Bonchev–Trinajstić information content (AvgIpc) is 3.18. The van der Waals surface area contributed by atoms with Crippen LogP contribution in [0.4, 0.5) is 18.0 Å².